The lowest BCUT2D eigenvalue weighted by Gasteiger charge is -2.11. The molecule has 0 amide bonds. The van der Waals surface area contributed by atoms with Crippen LogP contribution >= 0.6 is 11.3 Å². The van der Waals surface area contributed by atoms with Crippen molar-refractivity contribution in [2.24, 2.45) is 11.7 Å². The first-order valence-corrected chi connectivity index (χ1v) is 7.24. The van der Waals surface area contributed by atoms with Gasteiger partial charge in [-0.05, 0) is 31.6 Å². The van der Waals surface area contributed by atoms with E-state index in [-0.39, 0.29) is 6.04 Å². The molecule has 1 heterocycles. The highest BCUT2D eigenvalue weighted by atomic mass is 32.1. The largest absolute Gasteiger partial charge is 0.322 e. The van der Waals surface area contributed by atoms with Gasteiger partial charge >= 0.3 is 0 Å². The zero-order chi connectivity index (χ0) is 11.5. The van der Waals surface area contributed by atoms with Crippen LogP contribution in [0.4, 0.5) is 0 Å². The van der Waals surface area contributed by atoms with Crippen LogP contribution in [-0.4, -0.2) is 4.98 Å². The molecule has 16 heavy (non-hydrogen) atoms. The highest BCUT2D eigenvalue weighted by Crippen LogP contribution is 2.30. The Labute approximate surface area is 102 Å². The van der Waals surface area contributed by atoms with Crippen LogP contribution < -0.4 is 5.73 Å². The van der Waals surface area contributed by atoms with Gasteiger partial charge in [0, 0.05) is 4.88 Å². The van der Waals surface area contributed by atoms with Gasteiger partial charge in [0.05, 0.1) is 11.7 Å². The van der Waals surface area contributed by atoms with E-state index < -0.39 is 0 Å². The van der Waals surface area contributed by atoms with Crippen LogP contribution in [0.3, 0.4) is 0 Å². The third-order valence-electron chi connectivity index (χ3n) is 3.37. The molecule has 0 spiro atoms. The van der Waals surface area contributed by atoms with Gasteiger partial charge in [-0.2, -0.15) is 0 Å². The van der Waals surface area contributed by atoms with E-state index in [1.165, 1.54) is 42.7 Å². The SMILES string of the molecule is CC(C)C(N)c1nc2c(s1)CCCCCC2. The lowest BCUT2D eigenvalue weighted by atomic mass is 10.0. The number of hydrogen-bond acceptors (Lipinski definition) is 3. The molecule has 2 N–H and O–H groups in total. The average molecular weight is 238 g/mol. The van der Waals surface area contributed by atoms with Gasteiger partial charge in [-0.25, -0.2) is 4.98 Å². The van der Waals surface area contributed by atoms with Crippen LogP contribution in [0.5, 0.6) is 0 Å². The Morgan fingerprint density at radius 1 is 1.12 bits per heavy atom. The van der Waals surface area contributed by atoms with Crippen molar-refractivity contribution in [3.8, 4) is 0 Å². The Balaban J connectivity index is 2.20. The molecule has 1 unspecified atom stereocenters. The normalized spacial score (nSPS) is 19.0. The summed E-state index contributed by atoms with van der Waals surface area (Å²) in [6, 6.07) is 0.123. The van der Waals surface area contributed by atoms with Crippen LogP contribution in [0.2, 0.25) is 0 Å². The van der Waals surface area contributed by atoms with Crippen LogP contribution in [0, 0.1) is 5.92 Å². The summed E-state index contributed by atoms with van der Waals surface area (Å²) >= 11 is 1.86. The zero-order valence-electron chi connectivity index (χ0n) is 10.3. The lowest BCUT2D eigenvalue weighted by Crippen LogP contribution is -2.16. The Hall–Kier alpha value is -0.410. The summed E-state index contributed by atoms with van der Waals surface area (Å²) in [6.07, 6.45) is 7.75. The molecule has 1 atom stereocenters. The van der Waals surface area contributed by atoms with Crippen molar-refractivity contribution in [2.45, 2.75) is 58.4 Å². The molecular weight excluding hydrogens is 216 g/mol. The summed E-state index contributed by atoms with van der Waals surface area (Å²) in [7, 11) is 0. The molecule has 90 valence electrons. The van der Waals surface area contributed by atoms with Crippen molar-refractivity contribution in [1.29, 1.82) is 0 Å². The summed E-state index contributed by atoms with van der Waals surface area (Å²) in [5.41, 5.74) is 7.52. The molecule has 0 bridgehead atoms. The highest BCUT2D eigenvalue weighted by molar-refractivity contribution is 7.11. The van der Waals surface area contributed by atoms with E-state index >= 15 is 0 Å². The Morgan fingerprint density at radius 2 is 1.81 bits per heavy atom. The average Bonchev–Trinajstić information content (AvgIpc) is 2.59. The van der Waals surface area contributed by atoms with Gasteiger partial charge in [-0.1, -0.05) is 26.7 Å². The third-order valence-corrected chi connectivity index (χ3v) is 4.62. The van der Waals surface area contributed by atoms with Gasteiger partial charge in [0.2, 0.25) is 0 Å². The first kappa shape index (κ1) is 12.1. The molecule has 1 aliphatic rings. The van der Waals surface area contributed by atoms with E-state index in [4.69, 9.17) is 10.7 Å². The number of fused-ring (bicyclic) bond motifs is 1. The molecule has 1 aromatic heterocycles. The van der Waals surface area contributed by atoms with E-state index in [0.717, 1.165) is 11.4 Å². The van der Waals surface area contributed by atoms with E-state index in [9.17, 15) is 0 Å². The van der Waals surface area contributed by atoms with Gasteiger partial charge in [-0.3, -0.25) is 0 Å². The molecule has 0 fully saturated rings. The molecule has 0 aromatic carbocycles. The topological polar surface area (TPSA) is 38.9 Å². The molecule has 0 saturated carbocycles. The number of aromatic nitrogens is 1. The van der Waals surface area contributed by atoms with Gasteiger partial charge in [0.25, 0.3) is 0 Å². The summed E-state index contributed by atoms with van der Waals surface area (Å²) in [6.45, 7) is 4.34. The summed E-state index contributed by atoms with van der Waals surface area (Å²) in [5.74, 6) is 0.483. The van der Waals surface area contributed by atoms with Crippen LogP contribution in [0.25, 0.3) is 0 Å². The van der Waals surface area contributed by atoms with Crippen molar-refractivity contribution >= 4 is 11.3 Å². The molecule has 1 aliphatic carbocycles. The second-order valence-corrected chi connectivity index (χ2v) is 6.22. The van der Waals surface area contributed by atoms with Crippen LogP contribution in [0.15, 0.2) is 0 Å². The maximum absolute atomic E-state index is 6.18. The fourth-order valence-electron chi connectivity index (χ4n) is 2.15. The number of thiazole rings is 1. The number of nitrogens with zero attached hydrogens (tertiary/aromatic N) is 1. The number of hydrogen-bond donors (Lipinski definition) is 1. The number of aryl methyl sites for hydroxylation is 2. The van der Waals surface area contributed by atoms with E-state index in [0.29, 0.717) is 5.92 Å². The molecule has 0 radical (unpaired) electrons. The van der Waals surface area contributed by atoms with Crippen molar-refractivity contribution in [2.75, 3.05) is 0 Å². The maximum atomic E-state index is 6.18. The molecule has 1 aromatic rings. The smallest absolute Gasteiger partial charge is 0.110 e. The van der Waals surface area contributed by atoms with Gasteiger partial charge in [0.15, 0.2) is 0 Å². The summed E-state index contributed by atoms with van der Waals surface area (Å²) in [5, 5.41) is 1.15. The molecule has 3 heteroatoms. The minimum Gasteiger partial charge on any atom is -0.322 e. The minimum atomic E-state index is 0.123. The minimum absolute atomic E-state index is 0.123. The third kappa shape index (κ3) is 2.64. The number of rotatable bonds is 2. The highest BCUT2D eigenvalue weighted by Gasteiger charge is 2.19. The molecule has 2 nitrogen and oxygen atoms in total. The second-order valence-electron chi connectivity index (χ2n) is 5.11. The van der Waals surface area contributed by atoms with Crippen molar-refractivity contribution in [3.05, 3.63) is 15.6 Å². The predicted molar refractivity (Wildman–Crippen MR) is 69.8 cm³/mol. The fraction of sp³-hybridized carbons (Fsp3) is 0.769. The molecule has 2 rings (SSSR count). The fourth-order valence-corrected chi connectivity index (χ4v) is 3.48. The monoisotopic (exact) mass is 238 g/mol. The first-order chi connectivity index (χ1) is 7.68. The standard InChI is InChI=1S/C13H22N2S/c1-9(2)12(14)13-15-10-7-5-3-4-6-8-11(10)16-13/h9,12H,3-8,14H2,1-2H3. The molecular formula is C13H22N2S. The Bertz CT molecular complexity index is 318. The lowest BCUT2D eigenvalue weighted by molar-refractivity contribution is 0.510. The van der Waals surface area contributed by atoms with Gasteiger partial charge < -0.3 is 5.73 Å². The van der Waals surface area contributed by atoms with E-state index in [1.807, 2.05) is 11.3 Å². The maximum Gasteiger partial charge on any atom is 0.110 e. The van der Waals surface area contributed by atoms with E-state index in [2.05, 4.69) is 13.8 Å². The van der Waals surface area contributed by atoms with Gasteiger partial charge in [0.1, 0.15) is 5.01 Å². The van der Waals surface area contributed by atoms with Crippen molar-refractivity contribution < 1.29 is 0 Å². The Morgan fingerprint density at radius 3 is 2.50 bits per heavy atom. The molecule has 0 saturated heterocycles. The Kier molecular flexibility index (Phi) is 3.98. The van der Waals surface area contributed by atoms with Crippen LogP contribution in [-0.2, 0) is 12.8 Å². The number of nitrogens with two attached hydrogens (primary N) is 1. The predicted octanol–water partition coefficient (Wildman–Crippen LogP) is 3.46. The second kappa shape index (κ2) is 5.28. The quantitative estimate of drug-likeness (QED) is 0.857. The van der Waals surface area contributed by atoms with Crippen LogP contribution in [0.1, 0.15) is 61.2 Å². The zero-order valence-corrected chi connectivity index (χ0v) is 11.1. The van der Waals surface area contributed by atoms with Gasteiger partial charge in [-0.15, -0.1) is 11.3 Å². The molecule has 0 aliphatic heterocycles. The summed E-state index contributed by atoms with van der Waals surface area (Å²) in [4.78, 5) is 6.27. The summed E-state index contributed by atoms with van der Waals surface area (Å²) < 4.78 is 0. The van der Waals surface area contributed by atoms with E-state index in [1.54, 1.807) is 0 Å². The van der Waals surface area contributed by atoms with Crippen molar-refractivity contribution in [3.63, 3.8) is 0 Å². The first-order valence-electron chi connectivity index (χ1n) is 6.42. The van der Waals surface area contributed by atoms with Crippen molar-refractivity contribution in [1.82, 2.24) is 4.98 Å².